The quantitative estimate of drug-likeness (QED) is 0.852. The maximum absolute atomic E-state index is 12.4. The van der Waals surface area contributed by atoms with E-state index in [9.17, 15) is 19.5 Å². The molecule has 1 unspecified atom stereocenters. The molecule has 23 heavy (non-hydrogen) atoms. The summed E-state index contributed by atoms with van der Waals surface area (Å²) in [6, 6.07) is 5.16. The van der Waals surface area contributed by atoms with Crippen LogP contribution in [0.15, 0.2) is 35.0 Å². The van der Waals surface area contributed by atoms with Gasteiger partial charge in [0.1, 0.15) is 0 Å². The van der Waals surface area contributed by atoms with Crippen LogP contribution in [0.25, 0.3) is 0 Å². The summed E-state index contributed by atoms with van der Waals surface area (Å²) in [5.74, 6) is -1.12. The predicted molar refractivity (Wildman–Crippen MR) is 83.4 cm³/mol. The van der Waals surface area contributed by atoms with Crippen LogP contribution in [-0.4, -0.2) is 46.0 Å². The monoisotopic (exact) mass is 312 g/mol. The van der Waals surface area contributed by atoms with Crippen molar-refractivity contribution in [2.45, 2.75) is 26.4 Å². The van der Waals surface area contributed by atoms with E-state index < -0.39 is 11.9 Å². The smallest absolute Gasteiger partial charge is 0.261 e. The topological polar surface area (TPSA) is 87.0 Å². The Morgan fingerprint density at radius 1 is 1.17 bits per heavy atom. The highest BCUT2D eigenvalue weighted by molar-refractivity contribution is 6.22. The van der Waals surface area contributed by atoms with Crippen LogP contribution in [-0.2, 0) is 4.79 Å². The van der Waals surface area contributed by atoms with E-state index in [1.165, 1.54) is 6.20 Å². The number of aliphatic hydroxyl groups excluding tert-OH is 1. The van der Waals surface area contributed by atoms with Gasteiger partial charge in [-0.2, -0.15) is 0 Å². The van der Waals surface area contributed by atoms with Gasteiger partial charge in [0.05, 0.1) is 16.8 Å². The molecule has 0 bridgehead atoms. The lowest BCUT2D eigenvalue weighted by Crippen LogP contribution is -2.35. The van der Waals surface area contributed by atoms with Crippen molar-refractivity contribution in [3.63, 3.8) is 0 Å². The van der Waals surface area contributed by atoms with E-state index in [-0.39, 0.29) is 24.8 Å². The molecule has 0 saturated heterocycles. The van der Waals surface area contributed by atoms with Crippen molar-refractivity contribution in [1.82, 2.24) is 4.90 Å². The lowest BCUT2D eigenvalue weighted by atomic mass is 9.99. The first-order valence-electron chi connectivity index (χ1n) is 7.33. The fourth-order valence-electron chi connectivity index (χ4n) is 2.80. The summed E-state index contributed by atoms with van der Waals surface area (Å²) in [5.41, 5.74) is 2.24. The molecule has 1 aromatic rings. The molecule has 2 amide bonds. The van der Waals surface area contributed by atoms with E-state index in [1.54, 1.807) is 32.0 Å². The molecule has 118 valence electrons. The number of nitrogens with zero attached hydrogens (tertiary/aromatic N) is 2. The fraction of sp³-hybridized carbons (Fsp3) is 0.294. The number of ketones is 1. The van der Waals surface area contributed by atoms with Crippen LogP contribution in [0.3, 0.4) is 0 Å². The Balaban J connectivity index is 1.79. The molecule has 1 N–H and O–H groups in total. The largest absolute Gasteiger partial charge is 0.379 e. The Hall–Kier alpha value is -2.60. The molecule has 3 rings (SSSR count). The highest BCUT2D eigenvalue weighted by Gasteiger charge is 2.36. The zero-order chi connectivity index (χ0) is 16.7. The average Bonchev–Trinajstić information content (AvgIpc) is 2.77. The summed E-state index contributed by atoms with van der Waals surface area (Å²) in [5, 5.41) is 9.72. The van der Waals surface area contributed by atoms with Crippen molar-refractivity contribution in [1.29, 1.82) is 0 Å². The van der Waals surface area contributed by atoms with Crippen LogP contribution in [0.1, 0.15) is 39.6 Å². The fourth-order valence-corrected chi connectivity index (χ4v) is 2.80. The number of fused-ring (bicyclic) bond motifs is 1. The summed E-state index contributed by atoms with van der Waals surface area (Å²) in [6.45, 7) is 3.45. The number of Topliss-reactive ketones (excluding diaryl/α,β-unsaturated/α-hetero) is 1. The first kappa shape index (κ1) is 15.3. The number of amides is 2. The van der Waals surface area contributed by atoms with Gasteiger partial charge in [0.25, 0.3) is 11.8 Å². The Labute approximate surface area is 133 Å². The molecule has 2 heterocycles. The van der Waals surface area contributed by atoms with Crippen molar-refractivity contribution in [2.75, 3.05) is 6.54 Å². The molecule has 0 spiro atoms. The Kier molecular flexibility index (Phi) is 3.69. The van der Waals surface area contributed by atoms with Crippen LogP contribution in [0, 0.1) is 6.92 Å². The van der Waals surface area contributed by atoms with Crippen molar-refractivity contribution in [3.05, 3.63) is 46.7 Å². The molecule has 1 atom stereocenters. The van der Waals surface area contributed by atoms with Crippen LogP contribution >= 0.6 is 0 Å². The van der Waals surface area contributed by atoms with Gasteiger partial charge in [0, 0.05) is 18.3 Å². The number of rotatable bonds is 3. The zero-order valence-corrected chi connectivity index (χ0v) is 12.9. The molecule has 6 nitrogen and oxygen atoms in total. The SMILES string of the molecule is CC1=NC=C(CCN2C(=O)c3cccc(C)c3C2=O)C(=O)C1O. The van der Waals surface area contributed by atoms with Gasteiger partial charge in [-0.25, -0.2) is 0 Å². The van der Waals surface area contributed by atoms with Gasteiger partial charge in [-0.05, 0) is 31.9 Å². The average molecular weight is 312 g/mol. The molecule has 0 aromatic heterocycles. The van der Waals surface area contributed by atoms with Gasteiger partial charge in [-0.1, -0.05) is 12.1 Å². The molecule has 6 heteroatoms. The Morgan fingerprint density at radius 3 is 2.61 bits per heavy atom. The number of hydrogen-bond donors (Lipinski definition) is 1. The minimum atomic E-state index is -1.24. The minimum absolute atomic E-state index is 0.0879. The van der Waals surface area contributed by atoms with E-state index in [1.807, 2.05) is 0 Å². The number of benzene rings is 1. The molecule has 1 aromatic carbocycles. The number of imide groups is 1. The summed E-state index contributed by atoms with van der Waals surface area (Å²) >= 11 is 0. The maximum atomic E-state index is 12.4. The standard InChI is InChI=1S/C17H16N2O4/c1-9-4-3-5-12-13(9)17(23)19(16(12)22)7-6-11-8-18-10(2)14(20)15(11)21/h3-5,8,14,20H,6-7H2,1-2H3. The Bertz CT molecular complexity index is 792. The first-order valence-corrected chi connectivity index (χ1v) is 7.33. The van der Waals surface area contributed by atoms with Gasteiger partial charge in [-0.3, -0.25) is 24.3 Å². The van der Waals surface area contributed by atoms with Crippen LogP contribution in [0.5, 0.6) is 0 Å². The molecule has 0 aliphatic carbocycles. The normalized spacial score (nSPS) is 20.6. The van der Waals surface area contributed by atoms with Crippen molar-refractivity contribution in [2.24, 2.45) is 4.99 Å². The van der Waals surface area contributed by atoms with Gasteiger partial charge >= 0.3 is 0 Å². The van der Waals surface area contributed by atoms with Crippen molar-refractivity contribution >= 4 is 23.3 Å². The summed E-state index contributed by atoms with van der Waals surface area (Å²) < 4.78 is 0. The van der Waals surface area contributed by atoms with Crippen LogP contribution in [0.4, 0.5) is 0 Å². The second kappa shape index (κ2) is 5.55. The van der Waals surface area contributed by atoms with E-state index in [0.29, 0.717) is 22.4 Å². The van der Waals surface area contributed by atoms with Crippen molar-refractivity contribution < 1.29 is 19.5 Å². The summed E-state index contributed by atoms with van der Waals surface area (Å²) in [4.78, 5) is 41.9. The lowest BCUT2D eigenvalue weighted by Gasteiger charge is -2.18. The third kappa shape index (κ3) is 2.41. The highest BCUT2D eigenvalue weighted by atomic mass is 16.3. The zero-order valence-electron chi connectivity index (χ0n) is 12.9. The van der Waals surface area contributed by atoms with Crippen molar-refractivity contribution in [3.8, 4) is 0 Å². The number of carbonyl (C=O) groups is 3. The molecule has 2 aliphatic heterocycles. The Morgan fingerprint density at radius 2 is 1.91 bits per heavy atom. The minimum Gasteiger partial charge on any atom is -0.379 e. The van der Waals surface area contributed by atoms with Gasteiger partial charge < -0.3 is 5.11 Å². The van der Waals surface area contributed by atoms with E-state index in [0.717, 1.165) is 10.5 Å². The molecule has 2 aliphatic rings. The molecule has 0 radical (unpaired) electrons. The first-order chi connectivity index (χ1) is 10.9. The van der Waals surface area contributed by atoms with E-state index >= 15 is 0 Å². The van der Waals surface area contributed by atoms with Gasteiger partial charge in [-0.15, -0.1) is 0 Å². The van der Waals surface area contributed by atoms with Gasteiger partial charge in [0.2, 0.25) is 0 Å². The number of aliphatic imine (C=N–C) groups is 1. The molecular weight excluding hydrogens is 296 g/mol. The second-order valence-corrected chi connectivity index (χ2v) is 5.70. The van der Waals surface area contributed by atoms with E-state index in [4.69, 9.17) is 0 Å². The number of hydrogen-bond acceptors (Lipinski definition) is 5. The molecule has 0 fully saturated rings. The van der Waals surface area contributed by atoms with Gasteiger partial charge in [0.15, 0.2) is 11.9 Å². The number of carbonyl (C=O) groups excluding carboxylic acids is 3. The van der Waals surface area contributed by atoms with Crippen LogP contribution < -0.4 is 0 Å². The number of aryl methyl sites for hydroxylation is 1. The maximum Gasteiger partial charge on any atom is 0.261 e. The van der Waals surface area contributed by atoms with Crippen LogP contribution in [0.2, 0.25) is 0 Å². The molecule has 0 saturated carbocycles. The molecular formula is C17H16N2O4. The third-order valence-corrected chi connectivity index (χ3v) is 4.20. The lowest BCUT2D eigenvalue weighted by molar-refractivity contribution is -0.120. The third-order valence-electron chi connectivity index (χ3n) is 4.20. The highest BCUT2D eigenvalue weighted by Crippen LogP contribution is 2.26. The van der Waals surface area contributed by atoms with E-state index in [2.05, 4.69) is 4.99 Å². The summed E-state index contributed by atoms with van der Waals surface area (Å²) in [6.07, 6.45) is 0.338. The second-order valence-electron chi connectivity index (χ2n) is 5.70. The number of aliphatic hydroxyl groups is 1. The summed E-state index contributed by atoms with van der Waals surface area (Å²) in [7, 11) is 0. The predicted octanol–water partition coefficient (Wildman–Crippen LogP) is 1.27.